The van der Waals surface area contributed by atoms with Crippen molar-refractivity contribution in [1.82, 2.24) is 0 Å². The van der Waals surface area contributed by atoms with Crippen LogP contribution in [0.1, 0.15) is 25.0 Å². The van der Waals surface area contributed by atoms with Gasteiger partial charge < -0.3 is 9.47 Å². The summed E-state index contributed by atoms with van der Waals surface area (Å²) in [6.07, 6.45) is -0.393. The van der Waals surface area contributed by atoms with Gasteiger partial charge in [0.15, 0.2) is 11.7 Å². The first-order chi connectivity index (χ1) is 11.4. The Labute approximate surface area is 138 Å². The fraction of sp³-hybridized carbons (Fsp3) is 0.316. The topological polar surface area (TPSA) is 34.1 Å². The van der Waals surface area contributed by atoms with E-state index in [2.05, 4.69) is 4.99 Å². The molecule has 5 heteroatoms. The van der Waals surface area contributed by atoms with Crippen LogP contribution < -0.4 is 0 Å². The minimum absolute atomic E-state index is 0.293. The SMILES string of the molecule is CC1(C)COC(C2OC2(c2ccc(F)cc2)c2ccc(F)cc2)=N1. The molecule has 0 aliphatic carbocycles. The molecule has 0 amide bonds. The number of hydrogen-bond donors (Lipinski definition) is 0. The Morgan fingerprint density at radius 1 is 0.917 bits per heavy atom. The zero-order valence-corrected chi connectivity index (χ0v) is 13.4. The van der Waals surface area contributed by atoms with Gasteiger partial charge in [-0.2, -0.15) is 0 Å². The summed E-state index contributed by atoms with van der Waals surface area (Å²) in [5, 5.41) is 0. The predicted octanol–water partition coefficient (Wildman–Crippen LogP) is 3.81. The average Bonchev–Trinajstić information content (AvgIpc) is 3.20. The summed E-state index contributed by atoms with van der Waals surface area (Å²) in [6.45, 7) is 4.46. The van der Waals surface area contributed by atoms with Crippen LogP contribution >= 0.6 is 0 Å². The Balaban J connectivity index is 1.78. The lowest BCUT2D eigenvalue weighted by molar-refractivity contribution is 0.265. The van der Waals surface area contributed by atoms with Crippen LogP contribution in [0.4, 0.5) is 8.78 Å². The number of hydrogen-bond acceptors (Lipinski definition) is 3. The molecular weight excluding hydrogens is 312 g/mol. The minimum Gasteiger partial charge on any atom is -0.476 e. The largest absolute Gasteiger partial charge is 0.476 e. The van der Waals surface area contributed by atoms with Crippen molar-refractivity contribution in [3.8, 4) is 0 Å². The predicted molar refractivity (Wildman–Crippen MR) is 85.9 cm³/mol. The van der Waals surface area contributed by atoms with Crippen molar-refractivity contribution >= 4 is 5.90 Å². The molecular formula is C19H17F2NO2. The maximum Gasteiger partial charge on any atom is 0.218 e. The summed E-state index contributed by atoms with van der Waals surface area (Å²) < 4.78 is 38.4. The second-order valence-corrected chi connectivity index (χ2v) is 6.80. The molecule has 1 atom stereocenters. The third-order valence-corrected chi connectivity index (χ3v) is 4.37. The standard InChI is InChI=1S/C19H17F2NO2/c1-18(2)11-23-17(22-18)16-19(24-16,12-3-7-14(20)8-4-12)13-5-9-15(21)10-6-13/h3-10,16H,11H2,1-2H3. The van der Waals surface area contributed by atoms with Crippen molar-refractivity contribution in [2.45, 2.75) is 31.1 Å². The number of aliphatic imine (C=N–C) groups is 1. The van der Waals surface area contributed by atoms with Crippen molar-refractivity contribution < 1.29 is 18.3 Å². The highest BCUT2D eigenvalue weighted by molar-refractivity contribution is 5.88. The molecule has 1 fully saturated rings. The van der Waals surface area contributed by atoms with E-state index in [0.717, 1.165) is 11.1 Å². The van der Waals surface area contributed by atoms with E-state index in [1.165, 1.54) is 24.3 Å². The number of ether oxygens (including phenoxy) is 2. The van der Waals surface area contributed by atoms with Gasteiger partial charge >= 0.3 is 0 Å². The summed E-state index contributed by atoms with van der Waals surface area (Å²) in [4.78, 5) is 4.59. The van der Waals surface area contributed by atoms with E-state index in [4.69, 9.17) is 9.47 Å². The normalized spacial score (nSPS) is 23.5. The Kier molecular flexibility index (Phi) is 3.25. The maximum absolute atomic E-state index is 13.3. The molecule has 1 saturated heterocycles. The van der Waals surface area contributed by atoms with Crippen molar-refractivity contribution in [3.63, 3.8) is 0 Å². The monoisotopic (exact) mass is 329 g/mol. The summed E-state index contributed by atoms with van der Waals surface area (Å²) in [6, 6.07) is 12.3. The molecule has 3 nitrogen and oxygen atoms in total. The van der Waals surface area contributed by atoms with Crippen LogP contribution in [0.2, 0.25) is 0 Å². The van der Waals surface area contributed by atoms with E-state index < -0.39 is 11.7 Å². The van der Waals surface area contributed by atoms with Gasteiger partial charge in [-0.3, -0.25) is 0 Å². The number of epoxide rings is 1. The lowest BCUT2D eigenvalue weighted by Gasteiger charge is -2.14. The van der Waals surface area contributed by atoms with Crippen LogP contribution in [0.5, 0.6) is 0 Å². The van der Waals surface area contributed by atoms with Crippen molar-refractivity contribution in [3.05, 3.63) is 71.3 Å². The molecule has 0 saturated carbocycles. The summed E-state index contributed by atoms with van der Waals surface area (Å²) in [5.41, 5.74) is 0.465. The van der Waals surface area contributed by atoms with Gasteiger partial charge in [0.05, 0.1) is 5.54 Å². The summed E-state index contributed by atoms with van der Waals surface area (Å²) >= 11 is 0. The zero-order valence-electron chi connectivity index (χ0n) is 13.4. The molecule has 2 heterocycles. The van der Waals surface area contributed by atoms with Crippen molar-refractivity contribution in [1.29, 1.82) is 0 Å². The fourth-order valence-corrected chi connectivity index (χ4v) is 3.12. The van der Waals surface area contributed by atoms with Crippen LogP contribution in [-0.4, -0.2) is 24.1 Å². The van der Waals surface area contributed by atoms with Crippen LogP contribution in [0.15, 0.2) is 53.5 Å². The number of rotatable bonds is 3. The first kappa shape index (κ1) is 15.3. The van der Waals surface area contributed by atoms with Crippen molar-refractivity contribution in [2.24, 2.45) is 4.99 Å². The first-order valence-electron chi connectivity index (χ1n) is 7.83. The van der Waals surface area contributed by atoms with Gasteiger partial charge in [0.25, 0.3) is 0 Å². The molecule has 0 N–H and O–H groups in total. The highest BCUT2D eigenvalue weighted by Crippen LogP contribution is 2.53. The summed E-state index contributed by atoms with van der Waals surface area (Å²) in [5.74, 6) is -0.102. The molecule has 0 aromatic heterocycles. The smallest absolute Gasteiger partial charge is 0.218 e. The third kappa shape index (κ3) is 2.40. The molecule has 0 radical (unpaired) electrons. The zero-order chi connectivity index (χ0) is 16.9. The van der Waals surface area contributed by atoms with Crippen LogP contribution in [0.25, 0.3) is 0 Å². The van der Waals surface area contributed by atoms with E-state index in [-0.39, 0.29) is 17.2 Å². The minimum atomic E-state index is -0.819. The van der Waals surface area contributed by atoms with E-state index in [0.29, 0.717) is 12.5 Å². The molecule has 0 spiro atoms. The lowest BCUT2D eigenvalue weighted by atomic mass is 9.87. The van der Waals surface area contributed by atoms with Gasteiger partial charge in [-0.1, -0.05) is 24.3 Å². The van der Waals surface area contributed by atoms with Gasteiger partial charge in [0.1, 0.15) is 18.2 Å². The average molecular weight is 329 g/mol. The van der Waals surface area contributed by atoms with Crippen LogP contribution in [-0.2, 0) is 15.1 Å². The fourth-order valence-electron chi connectivity index (χ4n) is 3.12. The number of nitrogens with zero attached hydrogens (tertiary/aromatic N) is 1. The molecule has 2 aliphatic rings. The number of benzene rings is 2. The molecule has 2 aliphatic heterocycles. The second-order valence-electron chi connectivity index (χ2n) is 6.80. The van der Waals surface area contributed by atoms with Crippen LogP contribution in [0.3, 0.4) is 0 Å². The van der Waals surface area contributed by atoms with Gasteiger partial charge in [-0.15, -0.1) is 0 Å². The Hall–Kier alpha value is -2.27. The highest BCUT2D eigenvalue weighted by Gasteiger charge is 2.63. The van der Waals surface area contributed by atoms with Gasteiger partial charge in [-0.05, 0) is 49.2 Å². The molecule has 2 aromatic carbocycles. The van der Waals surface area contributed by atoms with Gasteiger partial charge in [0.2, 0.25) is 5.90 Å². The molecule has 124 valence electrons. The van der Waals surface area contributed by atoms with Gasteiger partial charge in [0, 0.05) is 0 Å². The molecule has 2 aromatic rings. The van der Waals surface area contributed by atoms with E-state index in [9.17, 15) is 8.78 Å². The molecule has 0 bridgehead atoms. The quantitative estimate of drug-likeness (QED) is 0.803. The molecule has 24 heavy (non-hydrogen) atoms. The Morgan fingerprint density at radius 3 is 1.83 bits per heavy atom. The Morgan fingerprint density at radius 2 is 1.42 bits per heavy atom. The van der Waals surface area contributed by atoms with Crippen molar-refractivity contribution in [2.75, 3.05) is 6.61 Å². The van der Waals surface area contributed by atoms with E-state index >= 15 is 0 Å². The highest BCUT2D eigenvalue weighted by atomic mass is 19.1. The maximum atomic E-state index is 13.3. The summed E-state index contributed by atoms with van der Waals surface area (Å²) in [7, 11) is 0. The van der Waals surface area contributed by atoms with Gasteiger partial charge in [-0.25, -0.2) is 13.8 Å². The number of halogens is 2. The van der Waals surface area contributed by atoms with Crippen LogP contribution in [0, 0.1) is 11.6 Å². The van der Waals surface area contributed by atoms with E-state index in [1.54, 1.807) is 24.3 Å². The first-order valence-corrected chi connectivity index (χ1v) is 7.83. The van der Waals surface area contributed by atoms with E-state index in [1.807, 2.05) is 13.8 Å². The second kappa shape index (κ2) is 5.11. The Bertz CT molecular complexity index is 752. The third-order valence-electron chi connectivity index (χ3n) is 4.37. The molecule has 1 unspecified atom stereocenters. The lowest BCUT2D eigenvalue weighted by Crippen LogP contribution is -2.21. The molecule has 4 rings (SSSR count).